The zero-order valence-electron chi connectivity index (χ0n) is 15.2. The summed E-state index contributed by atoms with van der Waals surface area (Å²) in [5.74, 6) is -0.972. The molecule has 148 valence electrons. The fraction of sp³-hybridized carbons (Fsp3) is 0.200. The molecule has 29 heavy (non-hydrogen) atoms. The Balaban J connectivity index is 1.90. The highest BCUT2D eigenvalue weighted by molar-refractivity contribution is 5.94. The third-order valence-electron chi connectivity index (χ3n) is 5.20. The van der Waals surface area contributed by atoms with Crippen molar-refractivity contribution in [2.75, 3.05) is 31.1 Å². The highest BCUT2D eigenvalue weighted by Gasteiger charge is 2.22. The number of nitrogens with zero attached hydrogens (tertiary/aromatic N) is 2. The normalized spacial score (nSPS) is 14.8. The lowest BCUT2D eigenvalue weighted by molar-refractivity contribution is 0.437. The zero-order valence-corrected chi connectivity index (χ0v) is 15.2. The van der Waals surface area contributed by atoms with E-state index in [2.05, 4.69) is 10.5 Å². The molecular weight excluding hydrogens is 382 g/mol. The van der Waals surface area contributed by atoms with Gasteiger partial charge in [0.25, 0.3) is 5.56 Å². The summed E-state index contributed by atoms with van der Waals surface area (Å²) in [7, 11) is 0. The van der Waals surface area contributed by atoms with Crippen molar-refractivity contribution in [1.82, 2.24) is 15.0 Å². The topological polar surface area (TPSA) is 83.3 Å². The minimum atomic E-state index is -0.700. The molecule has 1 aliphatic heterocycles. The maximum atomic E-state index is 14.9. The van der Waals surface area contributed by atoms with Crippen LogP contribution in [0.15, 0.2) is 50.5 Å². The van der Waals surface area contributed by atoms with Gasteiger partial charge in [-0.3, -0.25) is 14.2 Å². The van der Waals surface area contributed by atoms with Crippen molar-refractivity contribution in [3.8, 4) is 5.69 Å². The fourth-order valence-electron chi connectivity index (χ4n) is 3.81. The van der Waals surface area contributed by atoms with E-state index in [0.717, 1.165) is 6.07 Å². The van der Waals surface area contributed by atoms with Crippen LogP contribution in [0.4, 0.5) is 14.5 Å². The lowest BCUT2D eigenvalue weighted by Gasteiger charge is -2.30. The molecule has 4 aromatic rings. The number of pyridine rings is 1. The molecule has 2 aromatic heterocycles. The third-order valence-corrected chi connectivity index (χ3v) is 5.20. The van der Waals surface area contributed by atoms with Crippen molar-refractivity contribution in [1.29, 1.82) is 0 Å². The van der Waals surface area contributed by atoms with E-state index >= 15 is 0 Å². The minimum Gasteiger partial charge on any atom is -0.367 e. The summed E-state index contributed by atoms with van der Waals surface area (Å²) in [6.07, 6.45) is 0. The van der Waals surface area contributed by atoms with Gasteiger partial charge in [0.2, 0.25) is 11.1 Å². The van der Waals surface area contributed by atoms with E-state index < -0.39 is 22.6 Å². The number of fused-ring (bicyclic) bond motifs is 2. The van der Waals surface area contributed by atoms with Gasteiger partial charge in [0.05, 0.1) is 16.6 Å². The Bertz CT molecular complexity index is 1350. The predicted octanol–water partition coefficient (Wildman–Crippen LogP) is 2.11. The number of piperazine rings is 1. The smallest absolute Gasteiger partial charge is 0.293 e. The molecule has 0 amide bonds. The van der Waals surface area contributed by atoms with E-state index in [1.807, 2.05) is 4.90 Å². The summed E-state index contributed by atoms with van der Waals surface area (Å²) < 4.78 is 35.2. The van der Waals surface area contributed by atoms with Gasteiger partial charge < -0.3 is 14.7 Å². The standard InChI is InChI=1S/C20H16F2N4O3/c21-11-1-3-12(4-2-11)26-15-10-16(25-7-5-23-6-8-25)14(22)9-13(15)18(27)17-19(28)24-29-20(17)26/h1-4,9-10,23H,5-8H2,(H,24,28). The maximum Gasteiger partial charge on any atom is 0.293 e. The van der Waals surface area contributed by atoms with Gasteiger partial charge >= 0.3 is 0 Å². The lowest BCUT2D eigenvalue weighted by Crippen LogP contribution is -2.43. The van der Waals surface area contributed by atoms with Crippen molar-refractivity contribution >= 4 is 27.7 Å². The van der Waals surface area contributed by atoms with Crippen molar-refractivity contribution < 1.29 is 13.3 Å². The van der Waals surface area contributed by atoms with Crippen LogP contribution in [0.3, 0.4) is 0 Å². The largest absolute Gasteiger partial charge is 0.367 e. The Hall–Kier alpha value is -3.46. The zero-order chi connectivity index (χ0) is 20.1. The number of benzene rings is 2. The number of halogens is 2. The summed E-state index contributed by atoms with van der Waals surface area (Å²) in [5.41, 5.74) is -0.124. The van der Waals surface area contributed by atoms with E-state index in [0.29, 0.717) is 43.1 Å². The molecule has 3 heterocycles. The molecule has 2 aromatic carbocycles. The average molecular weight is 398 g/mol. The Morgan fingerprint density at radius 2 is 1.72 bits per heavy atom. The molecule has 1 saturated heterocycles. The Morgan fingerprint density at radius 1 is 1.00 bits per heavy atom. The van der Waals surface area contributed by atoms with Crippen LogP contribution in [0, 0.1) is 11.6 Å². The summed E-state index contributed by atoms with van der Waals surface area (Å²) >= 11 is 0. The van der Waals surface area contributed by atoms with Crippen molar-refractivity contribution in [3.05, 3.63) is 68.6 Å². The van der Waals surface area contributed by atoms with Crippen LogP contribution in [0.1, 0.15) is 0 Å². The maximum absolute atomic E-state index is 14.9. The van der Waals surface area contributed by atoms with Gasteiger partial charge in [-0.25, -0.2) is 8.78 Å². The molecule has 1 fully saturated rings. The number of rotatable bonds is 2. The summed E-state index contributed by atoms with van der Waals surface area (Å²) in [5, 5.41) is 5.21. The minimum absolute atomic E-state index is 0.00280. The number of aromatic amines is 1. The number of aromatic nitrogens is 2. The molecule has 0 atom stereocenters. The second kappa shape index (κ2) is 6.56. The number of anilines is 1. The first-order valence-corrected chi connectivity index (χ1v) is 9.15. The molecule has 0 radical (unpaired) electrons. The molecule has 0 bridgehead atoms. The molecule has 0 unspecified atom stereocenters. The number of hydrogen-bond donors (Lipinski definition) is 2. The van der Waals surface area contributed by atoms with E-state index in [1.54, 1.807) is 6.07 Å². The SMILES string of the molecule is O=c1[nH]oc2c1c(=O)c1cc(F)c(N3CCNCC3)cc1n2-c1ccc(F)cc1. The lowest BCUT2D eigenvalue weighted by atomic mass is 10.1. The fourth-order valence-corrected chi connectivity index (χ4v) is 3.81. The van der Waals surface area contributed by atoms with Crippen molar-refractivity contribution in [2.24, 2.45) is 0 Å². The number of nitrogens with one attached hydrogen (secondary N) is 2. The third kappa shape index (κ3) is 2.73. The van der Waals surface area contributed by atoms with Crippen LogP contribution in [0.5, 0.6) is 0 Å². The van der Waals surface area contributed by atoms with E-state index in [9.17, 15) is 18.4 Å². The summed E-state index contributed by atoms with van der Waals surface area (Å²) in [6, 6.07) is 8.25. The van der Waals surface area contributed by atoms with Gasteiger partial charge in [-0.2, -0.15) is 5.16 Å². The van der Waals surface area contributed by atoms with Gasteiger partial charge in [-0.15, -0.1) is 0 Å². The van der Waals surface area contributed by atoms with Crippen LogP contribution in [-0.2, 0) is 0 Å². The number of H-pyrrole nitrogens is 1. The first-order chi connectivity index (χ1) is 14.0. The summed E-state index contributed by atoms with van der Waals surface area (Å²) in [4.78, 5) is 26.9. The van der Waals surface area contributed by atoms with Crippen LogP contribution in [-0.4, -0.2) is 35.9 Å². The molecular formula is C20H16F2N4O3. The molecule has 5 rings (SSSR count). The Morgan fingerprint density at radius 3 is 2.45 bits per heavy atom. The molecule has 0 saturated carbocycles. The van der Waals surface area contributed by atoms with Crippen molar-refractivity contribution in [3.63, 3.8) is 0 Å². The monoisotopic (exact) mass is 398 g/mol. The Labute approximate surface area is 162 Å². The molecule has 7 nitrogen and oxygen atoms in total. The second-order valence-electron chi connectivity index (χ2n) is 6.91. The first kappa shape index (κ1) is 17.6. The van der Waals surface area contributed by atoms with Crippen LogP contribution in [0.2, 0.25) is 0 Å². The molecule has 0 spiro atoms. The van der Waals surface area contributed by atoms with E-state index in [-0.39, 0.29) is 16.5 Å². The van der Waals surface area contributed by atoms with E-state index in [1.165, 1.54) is 28.8 Å². The highest BCUT2D eigenvalue weighted by atomic mass is 19.1. The van der Waals surface area contributed by atoms with Gasteiger partial charge in [-0.1, -0.05) is 0 Å². The van der Waals surface area contributed by atoms with Crippen molar-refractivity contribution in [2.45, 2.75) is 0 Å². The van der Waals surface area contributed by atoms with Gasteiger partial charge in [0.15, 0.2) is 5.39 Å². The second-order valence-corrected chi connectivity index (χ2v) is 6.91. The molecule has 0 aliphatic carbocycles. The predicted molar refractivity (Wildman–Crippen MR) is 105 cm³/mol. The van der Waals surface area contributed by atoms with E-state index in [4.69, 9.17) is 4.52 Å². The van der Waals surface area contributed by atoms with Crippen LogP contribution < -0.4 is 21.2 Å². The number of hydrogen-bond acceptors (Lipinski definition) is 5. The average Bonchev–Trinajstić information content (AvgIpc) is 3.12. The molecule has 9 heteroatoms. The molecule has 1 aliphatic rings. The Kier molecular flexibility index (Phi) is 3.99. The van der Waals surface area contributed by atoms with Crippen LogP contribution in [0.25, 0.3) is 27.7 Å². The van der Waals surface area contributed by atoms with Crippen LogP contribution >= 0.6 is 0 Å². The summed E-state index contributed by atoms with van der Waals surface area (Å²) in [6.45, 7) is 2.66. The van der Waals surface area contributed by atoms with Gasteiger partial charge in [-0.05, 0) is 36.4 Å². The van der Waals surface area contributed by atoms with Gasteiger partial charge in [0, 0.05) is 31.9 Å². The quantitative estimate of drug-likeness (QED) is 0.541. The first-order valence-electron chi connectivity index (χ1n) is 9.15. The highest BCUT2D eigenvalue weighted by Crippen LogP contribution is 2.29. The van der Waals surface area contributed by atoms with Gasteiger partial charge in [0.1, 0.15) is 11.6 Å². The molecule has 2 N–H and O–H groups in total.